The largest absolute Gasteiger partial charge is 0.399 e. The van der Waals surface area contributed by atoms with E-state index in [4.69, 9.17) is 10.3 Å². The number of anilines is 1. The molecular formula is C13H13N3O6S2. The van der Waals surface area contributed by atoms with Crippen LogP contribution in [0.15, 0.2) is 56.4 Å². The lowest BCUT2D eigenvalue weighted by atomic mass is 10.2. The third-order valence-corrected chi connectivity index (χ3v) is 4.74. The van der Waals surface area contributed by atoms with Crippen molar-refractivity contribution in [2.45, 2.75) is 16.7 Å². The van der Waals surface area contributed by atoms with E-state index in [0.29, 0.717) is 16.9 Å². The number of rotatable bonds is 4. The average molecular weight is 371 g/mol. The van der Waals surface area contributed by atoms with E-state index in [9.17, 15) is 21.4 Å². The molecule has 24 heavy (non-hydrogen) atoms. The van der Waals surface area contributed by atoms with E-state index in [2.05, 4.69) is 10.2 Å². The molecule has 0 amide bonds. The average Bonchev–Trinajstić information content (AvgIpc) is 2.44. The van der Waals surface area contributed by atoms with Gasteiger partial charge in [-0.3, -0.25) is 9.11 Å². The Kier molecular flexibility index (Phi) is 4.71. The minimum absolute atomic E-state index is 0.364. The molecule has 128 valence electrons. The molecule has 0 unspecified atom stereocenters. The van der Waals surface area contributed by atoms with Crippen molar-refractivity contribution in [1.82, 2.24) is 0 Å². The zero-order valence-corrected chi connectivity index (χ0v) is 13.9. The molecule has 0 heterocycles. The van der Waals surface area contributed by atoms with Crippen molar-refractivity contribution >= 4 is 37.3 Å². The smallest absolute Gasteiger partial charge is 0.296 e. The highest BCUT2D eigenvalue weighted by Crippen LogP contribution is 2.30. The molecule has 0 saturated carbocycles. The first-order valence-corrected chi connectivity index (χ1v) is 9.23. The van der Waals surface area contributed by atoms with Gasteiger partial charge in [0, 0.05) is 5.69 Å². The molecule has 2 rings (SSSR count). The predicted octanol–water partition coefficient (Wildman–Crippen LogP) is 2.49. The van der Waals surface area contributed by atoms with Gasteiger partial charge < -0.3 is 5.73 Å². The third kappa shape index (κ3) is 4.14. The first-order valence-electron chi connectivity index (χ1n) is 6.35. The van der Waals surface area contributed by atoms with Crippen molar-refractivity contribution in [2.24, 2.45) is 10.2 Å². The highest BCUT2D eigenvalue weighted by Gasteiger charge is 2.19. The van der Waals surface area contributed by atoms with Gasteiger partial charge >= 0.3 is 0 Å². The van der Waals surface area contributed by atoms with Crippen LogP contribution < -0.4 is 5.73 Å². The summed E-state index contributed by atoms with van der Waals surface area (Å²) < 4.78 is 63.3. The fraction of sp³-hybridized carbons (Fsp3) is 0.0769. The van der Waals surface area contributed by atoms with Crippen LogP contribution in [0.3, 0.4) is 0 Å². The molecule has 0 bridgehead atoms. The first kappa shape index (κ1) is 18.0. The standard InChI is InChI=1S/C13H13N3O6S2/c1-8-6-9(14)2-4-11(8)15-16-12-7-10(23(17,18)19)3-5-13(12)24(20,21)22/h2-7H,14H2,1H3,(H,17,18,19)(H,20,21,22). The zero-order chi connectivity index (χ0) is 18.1. The minimum atomic E-state index is -4.67. The van der Waals surface area contributed by atoms with Gasteiger partial charge in [-0.05, 0) is 48.9 Å². The van der Waals surface area contributed by atoms with E-state index >= 15 is 0 Å². The summed E-state index contributed by atoms with van der Waals surface area (Å²) >= 11 is 0. The molecule has 0 aliphatic rings. The summed E-state index contributed by atoms with van der Waals surface area (Å²) in [6.07, 6.45) is 0. The third-order valence-electron chi connectivity index (χ3n) is 2.99. The van der Waals surface area contributed by atoms with Crippen LogP contribution in [0.4, 0.5) is 17.1 Å². The van der Waals surface area contributed by atoms with E-state index < -0.39 is 35.7 Å². The van der Waals surface area contributed by atoms with Crippen molar-refractivity contribution in [2.75, 3.05) is 5.73 Å². The maximum Gasteiger partial charge on any atom is 0.296 e. The lowest BCUT2D eigenvalue weighted by molar-refractivity contribution is 0.478. The molecule has 2 aromatic rings. The summed E-state index contributed by atoms with van der Waals surface area (Å²) in [5.41, 5.74) is 6.68. The number of nitrogens with zero attached hydrogens (tertiary/aromatic N) is 2. The molecule has 0 aromatic heterocycles. The van der Waals surface area contributed by atoms with E-state index in [-0.39, 0.29) is 0 Å². The summed E-state index contributed by atoms with van der Waals surface area (Å²) in [5, 5.41) is 7.51. The van der Waals surface area contributed by atoms with E-state index in [1.54, 1.807) is 19.1 Å². The van der Waals surface area contributed by atoms with Gasteiger partial charge in [0.1, 0.15) is 10.6 Å². The molecule has 0 aliphatic carbocycles. The number of benzene rings is 2. The lowest BCUT2D eigenvalue weighted by Crippen LogP contribution is -2.02. The highest BCUT2D eigenvalue weighted by atomic mass is 32.2. The summed E-state index contributed by atoms with van der Waals surface area (Å²) in [5.74, 6) is 0. The molecule has 11 heteroatoms. The van der Waals surface area contributed by atoms with Crippen LogP contribution in [-0.4, -0.2) is 25.9 Å². The molecule has 0 saturated heterocycles. The van der Waals surface area contributed by atoms with Gasteiger partial charge in [-0.2, -0.15) is 21.9 Å². The van der Waals surface area contributed by atoms with Crippen molar-refractivity contribution < 1.29 is 25.9 Å². The summed E-state index contributed by atoms with van der Waals surface area (Å²) in [7, 11) is -9.25. The van der Waals surface area contributed by atoms with Gasteiger partial charge in [-0.15, -0.1) is 5.11 Å². The molecule has 0 radical (unpaired) electrons. The molecule has 0 spiro atoms. The van der Waals surface area contributed by atoms with E-state index in [0.717, 1.165) is 18.2 Å². The maximum absolute atomic E-state index is 11.4. The number of nitrogen functional groups attached to an aromatic ring is 1. The van der Waals surface area contributed by atoms with Crippen LogP contribution >= 0.6 is 0 Å². The Labute approximate surface area is 138 Å². The molecule has 0 aliphatic heterocycles. The Morgan fingerprint density at radius 3 is 2.04 bits per heavy atom. The Balaban J connectivity index is 2.60. The Morgan fingerprint density at radius 1 is 0.875 bits per heavy atom. The van der Waals surface area contributed by atoms with Gasteiger partial charge in [0.2, 0.25) is 0 Å². The van der Waals surface area contributed by atoms with Crippen LogP contribution in [0.2, 0.25) is 0 Å². The van der Waals surface area contributed by atoms with Crippen molar-refractivity contribution in [3.05, 3.63) is 42.0 Å². The van der Waals surface area contributed by atoms with Gasteiger partial charge in [0.25, 0.3) is 20.2 Å². The zero-order valence-electron chi connectivity index (χ0n) is 12.3. The number of hydrogen-bond donors (Lipinski definition) is 3. The van der Waals surface area contributed by atoms with E-state index in [1.165, 1.54) is 6.07 Å². The first-order chi connectivity index (χ1) is 11.0. The normalized spacial score (nSPS) is 12.6. The number of hydrogen-bond acceptors (Lipinski definition) is 7. The van der Waals surface area contributed by atoms with Crippen LogP contribution in [0, 0.1) is 6.92 Å². The fourth-order valence-electron chi connectivity index (χ4n) is 1.85. The molecular weight excluding hydrogens is 358 g/mol. The van der Waals surface area contributed by atoms with Gasteiger partial charge in [-0.25, -0.2) is 0 Å². The molecule has 9 nitrogen and oxygen atoms in total. The maximum atomic E-state index is 11.4. The van der Waals surface area contributed by atoms with Crippen LogP contribution in [0.5, 0.6) is 0 Å². The number of azo groups is 1. The van der Waals surface area contributed by atoms with E-state index in [1.807, 2.05) is 0 Å². The monoisotopic (exact) mass is 371 g/mol. The Bertz CT molecular complexity index is 1030. The second kappa shape index (κ2) is 6.28. The van der Waals surface area contributed by atoms with Crippen LogP contribution in [0.1, 0.15) is 5.56 Å². The second-order valence-corrected chi connectivity index (χ2v) is 7.64. The topological polar surface area (TPSA) is 159 Å². The minimum Gasteiger partial charge on any atom is -0.399 e. The number of aryl methyl sites for hydroxylation is 1. The van der Waals surface area contributed by atoms with Crippen molar-refractivity contribution in [3.8, 4) is 0 Å². The second-order valence-electron chi connectivity index (χ2n) is 4.83. The highest BCUT2D eigenvalue weighted by molar-refractivity contribution is 7.86. The summed E-state index contributed by atoms with van der Waals surface area (Å²) in [4.78, 5) is -1.23. The van der Waals surface area contributed by atoms with Gasteiger partial charge in [-0.1, -0.05) is 0 Å². The molecule has 0 fully saturated rings. The van der Waals surface area contributed by atoms with Crippen molar-refractivity contribution in [3.63, 3.8) is 0 Å². The molecule has 0 atom stereocenters. The summed E-state index contributed by atoms with van der Waals surface area (Å²) in [6, 6.07) is 7.13. The predicted molar refractivity (Wildman–Crippen MR) is 85.8 cm³/mol. The quantitative estimate of drug-likeness (QED) is 0.423. The van der Waals surface area contributed by atoms with Gasteiger partial charge in [0.05, 0.1) is 10.6 Å². The van der Waals surface area contributed by atoms with Crippen molar-refractivity contribution in [1.29, 1.82) is 0 Å². The lowest BCUT2D eigenvalue weighted by Gasteiger charge is -2.05. The molecule has 2 aromatic carbocycles. The fourth-order valence-corrected chi connectivity index (χ4v) is 2.96. The Hall–Kier alpha value is -2.34. The van der Waals surface area contributed by atoms with Crippen LogP contribution in [0.25, 0.3) is 0 Å². The van der Waals surface area contributed by atoms with Crippen LogP contribution in [-0.2, 0) is 20.2 Å². The SMILES string of the molecule is Cc1cc(N)ccc1N=Nc1cc(S(=O)(=O)O)ccc1S(=O)(=O)O. The van der Waals surface area contributed by atoms with Gasteiger partial charge in [0.15, 0.2) is 0 Å². The molecule has 4 N–H and O–H groups in total. The number of nitrogens with two attached hydrogens (primary N) is 1. The Morgan fingerprint density at radius 2 is 1.50 bits per heavy atom. The summed E-state index contributed by atoms with van der Waals surface area (Å²) in [6.45, 7) is 1.70.